The van der Waals surface area contributed by atoms with Crippen LogP contribution in [0.15, 0.2) is 53.1 Å². The van der Waals surface area contributed by atoms with Crippen LogP contribution in [-0.2, 0) is 11.2 Å². The Balaban J connectivity index is 1.88. The van der Waals surface area contributed by atoms with E-state index in [1.165, 1.54) is 0 Å². The number of aromatic nitrogens is 1. The molecule has 1 amide bonds. The first-order valence-electron chi connectivity index (χ1n) is 7.40. The molecule has 0 aliphatic rings. The van der Waals surface area contributed by atoms with E-state index in [9.17, 15) is 4.79 Å². The molecule has 2 aromatic carbocycles. The van der Waals surface area contributed by atoms with E-state index in [1.54, 1.807) is 4.90 Å². The van der Waals surface area contributed by atoms with E-state index in [-0.39, 0.29) is 12.3 Å². The number of hydrogen-bond acceptors (Lipinski definition) is 3. The first-order chi connectivity index (χ1) is 10.7. The lowest BCUT2D eigenvalue weighted by atomic mass is 10.1. The highest BCUT2D eigenvalue weighted by Crippen LogP contribution is 2.22. The highest BCUT2D eigenvalue weighted by Gasteiger charge is 2.19. The van der Waals surface area contributed by atoms with Crippen LogP contribution in [0.3, 0.4) is 0 Å². The Hall–Kier alpha value is -2.62. The average molecular weight is 294 g/mol. The maximum Gasteiger partial charge on any atom is 0.233 e. The molecule has 0 atom stereocenters. The Morgan fingerprint density at radius 1 is 1.14 bits per heavy atom. The van der Waals surface area contributed by atoms with Gasteiger partial charge in [-0.05, 0) is 37.6 Å². The number of para-hydroxylation sites is 2. The first kappa shape index (κ1) is 14.3. The number of benzene rings is 2. The van der Waals surface area contributed by atoms with Crippen LogP contribution in [0.1, 0.15) is 18.2 Å². The second-order valence-electron chi connectivity index (χ2n) is 5.23. The summed E-state index contributed by atoms with van der Waals surface area (Å²) < 4.78 is 5.27. The van der Waals surface area contributed by atoms with Gasteiger partial charge in [-0.1, -0.05) is 35.5 Å². The van der Waals surface area contributed by atoms with Gasteiger partial charge in [0, 0.05) is 17.6 Å². The van der Waals surface area contributed by atoms with Gasteiger partial charge in [-0.15, -0.1) is 0 Å². The third kappa shape index (κ3) is 2.60. The van der Waals surface area contributed by atoms with Gasteiger partial charge in [0.25, 0.3) is 0 Å². The molecular weight excluding hydrogens is 276 g/mol. The summed E-state index contributed by atoms with van der Waals surface area (Å²) in [6, 6.07) is 15.5. The number of nitrogens with zero attached hydrogens (tertiary/aromatic N) is 2. The van der Waals surface area contributed by atoms with E-state index < -0.39 is 0 Å². The van der Waals surface area contributed by atoms with Crippen molar-refractivity contribution in [3.63, 3.8) is 0 Å². The van der Waals surface area contributed by atoms with Crippen LogP contribution < -0.4 is 4.90 Å². The molecule has 22 heavy (non-hydrogen) atoms. The summed E-state index contributed by atoms with van der Waals surface area (Å²) in [7, 11) is 0. The fourth-order valence-corrected chi connectivity index (χ4v) is 2.65. The van der Waals surface area contributed by atoms with Gasteiger partial charge >= 0.3 is 0 Å². The molecule has 0 saturated heterocycles. The molecular formula is C18H18N2O2. The number of carbonyl (C=O) groups is 1. The molecule has 0 spiro atoms. The summed E-state index contributed by atoms with van der Waals surface area (Å²) >= 11 is 0. The smallest absolute Gasteiger partial charge is 0.233 e. The van der Waals surface area contributed by atoms with Crippen LogP contribution >= 0.6 is 0 Å². The van der Waals surface area contributed by atoms with Gasteiger partial charge < -0.3 is 9.42 Å². The maximum absolute atomic E-state index is 12.7. The fraction of sp³-hybridized carbons (Fsp3) is 0.222. The van der Waals surface area contributed by atoms with Crippen molar-refractivity contribution >= 4 is 22.6 Å². The Morgan fingerprint density at radius 2 is 1.86 bits per heavy atom. The summed E-state index contributed by atoms with van der Waals surface area (Å²) in [5.41, 5.74) is 3.43. The van der Waals surface area contributed by atoms with E-state index in [2.05, 4.69) is 5.16 Å². The molecule has 0 aliphatic carbocycles. The number of aryl methyl sites for hydroxylation is 1. The zero-order chi connectivity index (χ0) is 15.5. The van der Waals surface area contributed by atoms with Crippen LogP contribution in [0.2, 0.25) is 0 Å². The lowest BCUT2D eigenvalue weighted by molar-refractivity contribution is -0.118. The van der Waals surface area contributed by atoms with Crippen LogP contribution in [0.4, 0.5) is 5.69 Å². The summed E-state index contributed by atoms with van der Waals surface area (Å²) in [4.78, 5) is 14.5. The lowest BCUT2D eigenvalue weighted by Crippen LogP contribution is -2.32. The summed E-state index contributed by atoms with van der Waals surface area (Å²) in [6.07, 6.45) is 0.235. The quantitative estimate of drug-likeness (QED) is 0.736. The van der Waals surface area contributed by atoms with Crippen molar-refractivity contribution in [2.45, 2.75) is 20.3 Å². The Labute approximate surface area is 129 Å². The molecule has 4 heteroatoms. The van der Waals surface area contributed by atoms with Crippen LogP contribution in [0.25, 0.3) is 11.0 Å². The van der Waals surface area contributed by atoms with Crippen molar-refractivity contribution in [1.29, 1.82) is 0 Å². The topological polar surface area (TPSA) is 46.3 Å². The largest absolute Gasteiger partial charge is 0.356 e. The molecule has 0 fully saturated rings. The zero-order valence-corrected chi connectivity index (χ0v) is 12.7. The van der Waals surface area contributed by atoms with E-state index >= 15 is 0 Å². The van der Waals surface area contributed by atoms with Crippen molar-refractivity contribution in [3.05, 3.63) is 59.8 Å². The van der Waals surface area contributed by atoms with E-state index in [4.69, 9.17) is 4.52 Å². The Kier molecular flexibility index (Phi) is 3.92. The molecule has 0 bridgehead atoms. The third-order valence-corrected chi connectivity index (χ3v) is 3.79. The average Bonchev–Trinajstić information content (AvgIpc) is 2.93. The van der Waals surface area contributed by atoms with Gasteiger partial charge in [0.1, 0.15) is 5.69 Å². The molecule has 0 N–H and O–H groups in total. The predicted octanol–water partition coefficient (Wildman–Crippen LogP) is 3.73. The maximum atomic E-state index is 12.7. The molecule has 3 rings (SSSR count). The number of amides is 1. The minimum Gasteiger partial charge on any atom is -0.356 e. The molecule has 0 saturated carbocycles. The van der Waals surface area contributed by atoms with Crippen molar-refractivity contribution in [1.82, 2.24) is 5.16 Å². The predicted molar refractivity (Wildman–Crippen MR) is 86.9 cm³/mol. The monoisotopic (exact) mass is 294 g/mol. The third-order valence-electron chi connectivity index (χ3n) is 3.79. The summed E-state index contributed by atoms with van der Waals surface area (Å²) in [6.45, 7) is 4.61. The zero-order valence-electron chi connectivity index (χ0n) is 12.7. The van der Waals surface area contributed by atoms with Gasteiger partial charge in [0.2, 0.25) is 5.91 Å². The second kappa shape index (κ2) is 6.02. The highest BCUT2D eigenvalue weighted by atomic mass is 16.5. The SMILES string of the molecule is CCN(C(=O)Cc1noc2ccccc12)c1ccccc1C. The van der Waals surface area contributed by atoms with Crippen LogP contribution in [-0.4, -0.2) is 17.6 Å². The second-order valence-corrected chi connectivity index (χ2v) is 5.23. The molecule has 1 heterocycles. The van der Waals surface area contributed by atoms with Crippen molar-refractivity contribution in [3.8, 4) is 0 Å². The summed E-state index contributed by atoms with van der Waals surface area (Å²) in [5, 5.41) is 4.95. The minimum absolute atomic E-state index is 0.0239. The summed E-state index contributed by atoms with van der Waals surface area (Å²) in [5.74, 6) is 0.0239. The number of carbonyl (C=O) groups excluding carboxylic acids is 1. The van der Waals surface area contributed by atoms with Crippen LogP contribution in [0.5, 0.6) is 0 Å². The van der Waals surface area contributed by atoms with E-state index in [0.717, 1.165) is 16.6 Å². The molecule has 0 radical (unpaired) electrons. The van der Waals surface area contributed by atoms with Gasteiger partial charge in [-0.2, -0.15) is 0 Å². The van der Waals surface area contributed by atoms with Crippen LogP contribution in [0, 0.1) is 6.92 Å². The molecule has 112 valence electrons. The Morgan fingerprint density at radius 3 is 2.64 bits per heavy atom. The lowest BCUT2D eigenvalue weighted by Gasteiger charge is -2.22. The highest BCUT2D eigenvalue weighted by molar-refractivity contribution is 5.97. The van der Waals surface area contributed by atoms with Gasteiger partial charge in [-0.25, -0.2) is 0 Å². The molecule has 1 aromatic heterocycles. The number of hydrogen-bond donors (Lipinski definition) is 0. The van der Waals surface area contributed by atoms with Gasteiger partial charge in [-0.3, -0.25) is 4.79 Å². The van der Waals surface area contributed by atoms with Gasteiger partial charge in [0.05, 0.1) is 6.42 Å². The van der Waals surface area contributed by atoms with E-state index in [1.807, 2.05) is 62.4 Å². The molecule has 0 unspecified atom stereocenters. The number of likely N-dealkylation sites (N-methyl/N-ethyl adjacent to an activating group) is 1. The van der Waals surface area contributed by atoms with Gasteiger partial charge in [0.15, 0.2) is 5.58 Å². The molecule has 4 nitrogen and oxygen atoms in total. The number of rotatable bonds is 4. The van der Waals surface area contributed by atoms with Crippen molar-refractivity contribution < 1.29 is 9.32 Å². The Bertz CT molecular complexity index is 807. The van der Waals surface area contributed by atoms with Crippen molar-refractivity contribution in [2.75, 3.05) is 11.4 Å². The normalized spacial score (nSPS) is 10.8. The standard InChI is InChI=1S/C18H18N2O2/c1-3-20(16-10-6-4-8-13(16)2)18(21)12-15-14-9-5-7-11-17(14)22-19-15/h4-11H,3,12H2,1-2H3. The number of fused-ring (bicyclic) bond motifs is 1. The number of anilines is 1. The molecule has 0 aliphatic heterocycles. The first-order valence-corrected chi connectivity index (χ1v) is 7.40. The minimum atomic E-state index is 0.0239. The fourth-order valence-electron chi connectivity index (χ4n) is 2.65. The van der Waals surface area contributed by atoms with E-state index in [0.29, 0.717) is 17.8 Å². The molecule has 3 aromatic rings. The van der Waals surface area contributed by atoms with Crippen molar-refractivity contribution in [2.24, 2.45) is 0 Å².